The van der Waals surface area contributed by atoms with Crippen LogP contribution in [-0.2, 0) is 0 Å². The second kappa shape index (κ2) is 7.11. The Morgan fingerprint density at radius 1 is 1.37 bits per heavy atom. The summed E-state index contributed by atoms with van der Waals surface area (Å²) in [5, 5.41) is 24.4. The van der Waals surface area contributed by atoms with Crippen molar-refractivity contribution in [3.63, 3.8) is 0 Å². The number of benzene rings is 1. The van der Waals surface area contributed by atoms with Crippen molar-refractivity contribution in [2.75, 3.05) is 13.2 Å². The van der Waals surface area contributed by atoms with Crippen molar-refractivity contribution in [2.24, 2.45) is 10.9 Å². The molecule has 1 atom stereocenters. The largest absolute Gasteiger partial charge is 0.409 e. The lowest BCUT2D eigenvalue weighted by atomic mass is 9.95. The molecule has 0 amide bonds. The molecule has 5 heteroatoms. The monoisotopic (exact) mass is 265 g/mol. The highest BCUT2D eigenvalue weighted by Crippen LogP contribution is 2.17. The number of aliphatic hydroxyl groups is 1. The molecule has 5 N–H and O–H groups in total. The van der Waals surface area contributed by atoms with Crippen LogP contribution in [0, 0.1) is 0 Å². The number of hydrogen-bond acceptors (Lipinski definition) is 4. The average molecular weight is 265 g/mol. The highest BCUT2D eigenvalue weighted by molar-refractivity contribution is 5.87. The van der Waals surface area contributed by atoms with Gasteiger partial charge in [0.05, 0.1) is 5.92 Å². The van der Waals surface area contributed by atoms with Crippen molar-refractivity contribution in [1.29, 1.82) is 0 Å². The van der Waals surface area contributed by atoms with Gasteiger partial charge in [-0.3, -0.25) is 0 Å². The van der Waals surface area contributed by atoms with Crippen LogP contribution in [0.5, 0.6) is 0 Å². The van der Waals surface area contributed by atoms with Crippen LogP contribution in [0.25, 0.3) is 0 Å². The number of oxime groups is 1. The van der Waals surface area contributed by atoms with Crippen LogP contribution in [0.4, 0.5) is 0 Å². The fourth-order valence-corrected chi connectivity index (χ4v) is 1.89. The third-order valence-corrected chi connectivity index (χ3v) is 3.20. The third kappa shape index (κ3) is 4.89. The Balaban J connectivity index is 2.78. The van der Waals surface area contributed by atoms with Gasteiger partial charge in [0.25, 0.3) is 0 Å². The molecule has 0 spiro atoms. The van der Waals surface area contributed by atoms with Crippen LogP contribution in [-0.4, -0.2) is 34.8 Å². The van der Waals surface area contributed by atoms with Crippen LogP contribution in [0.3, 0.4) is 0 Å². The normalized spacial score (nSPS) is 14.4. The maximum Gasteiger partial charge on any atom is 0.147 e. The van der Waals surface area contributed by atoms with Gasteiger partial charge in [-0.15, -0.1) is 0 Å². The summed E-state index contributed by atoms with van der Waals surface area (Å²) in [4.78, 5) is 0. The summed E-state index contributed by atoms with van der Waals surface area (Å²) in [7, 11) is 0. The summed E-state index contributed by atoms with van der Waals surface area (Å²) in [5.74, 6) is -0.0114. The van der Waals surface area contributed by atoms with E-state index in [9.17, 15) is 0 Å². The minimum Gasteiger partial charge on any atom is -0.409 e. The van der Waals surface area contributed by atoms with Gasteiger partial charge >= 0.3 is 0 Å². The molecule has 1 aromatic carbocycles. The van der Waals surface area contributed by atoms with Gasteiger partial charge < -0.3 is 21.4 Å². The minimum atomic E-state index is -0.197. The standard InChI is InChI=1S/C14H23N3O2/c1-14(2,8-9-18)16-10-12(13(15)17-19)11-6-4-3-5-7-11/h3-7,12,16,18-19H,8-10H2,1-2H3,(H2,15,17). The Morgan fingerprint density at radius 2 is 2.00 bits per heavy atom. The van der Waals surface area contributed by atoms with E-state index in [0.29, 0.717) is 13.0 Å². The van der Waals surface area contributed by atoms with Gasteiger partial charge in [0.15, 0.2) is 0 Å². The molecule has 5 nitrogen and oxygen atoms in total. The lowest BCUT2D eigenvalue weighted by Crippen LogP contribution is -2.44. The maximum atomic E-state index is 9.01. The average Bonchev–Trinajstić information content (AvgIpc) is 2.39. The molecule has 1 unspecified atom stereocenters. The Bertz CT molecular complexity index is 404. The molecule has 0 aliphatic heterocycles. The first-order valence-electron chi connectivity index (χ1n) is 6.38. The van der Waals surface area contributed by atoms with E-state index >= 15 is 0 Å². The molecule has 0 aliphatic carbocycles. The zero-order valence-electron chi connectivity index (χ0n) is 11.5. The molecule has 106 valence electrons. The van der Waals surface area contributed by atoms with Gasteiger partial charge in [-0.25, -0.2) is 0 Å². The van der Waals surface area contributed by atoms with Crippen LogP contribution in [0.2, 0.25) is 0 Å². The number of aliphatic hydroxyl groups excluding tert-OH is 1. The zero-order chi connectivity index (χ0) is 14.3. The molecular formula is C14H23N3O2. The smallest absolute Gasteiger partial charge is 0.147 e. The van der Waals surface area contributed by atoms with E-state index in [2.05, 4.69) is 10.5 Å². The predicted molar refractivity (Wildman–Crippen MR) is 76.4 cm³/mol. The summed E-state index contributed by atoms with van der Waals surface area (Å²) in [5.41, 5.74) is 6.56. The van der Waals surface area contributed by atoms with E-state index in [4.69, 9.17) is 16.0 Å². The van der Waals surface area contributed by atoms with E-state index < -0.39 is 0 Å². The summed E-state index contributed by atoms with van der Waals surface area (Å²) >= 11 is 0. The van der Waals surface area contributed by atoms with Crippen LogP contribution < -0.4 is 11.1 Å². The summed E-state index contributed by atoms with van der Waals surface area (Å²) in [6, 6.07) is 9.67. The third-order valence-electron chi connectivity index (χ3n) is 3.20. The number of amidine groups is 1. The second-order valence-corrected chi connectivity index (χ2v) is 5.23. The molecule has 0 radical (unpaired) electrons. The van der Waals surface area contributed by atoms with Crippen molar-refractivity contribution < 1.29 is 10.3 Å². The predicted octanol–water partition coefficient (Wildman–Crippen LogP) is 1.27. The Hall–Kier alpha value is -1.59. The summed E-state index contributed by atoms with van der Waals surface area (Å²) in [6.07, 6.45) is 0.644. The molecule has 0 saturated heterocycles. The van der Waals surface area contributed by atoms with Crippen molar-refractivity contribution >= 4 is 5.84 Å². The minimum absolute atomic E-state index is 0.125. The van der Waals surface area contributed by atoms with Crippen molar-refractivity contribution in [3.8, 4) is 0 Å². The number of nitrogens with one attached hydrogen (secondary N) is 1. The van der Waals surface area contributed by atoms with Gasteiger partial charge in [0, 0.05) is 18.7 Å². The number of hydrogen-bond donors (Lipinski definition) is 4. The molecule has 0 bridgehead atoms. The van der Waals surface area contributed by atoms with Crippen LogP contribution in [0.15, 0.2) is 35.5 Å². The van der Waals surface area contributed by atoms with Gasteiger partial charge in [0.1, 0.15) is 5.84 Å². The molecule has 1 aromatic rings. The van der Waals surface area contributed by atoms with E-state index in [1.807, 2.05) is 44.2 Å². The maximum absolute atomic E-state index is 9.01. The Labute approximate surface area is 114 Å². The number of rotatable bonds is 7. The highest BCUT2D eigenvalue weighted by Gasteiger charge is 2.22. The van der Waals surface area contributed by atoms with Gasteiger partial charge in [0.2, 0.25) is 0 Å². The first-order chi connectivity index (χ1) is 9.00. The summed E-state index contributed by atoms with van der Waals surface area (Å²) in [6.45, 7) is 4.70. The van der Waals surface area contributed by atoms with Crippen molar-refractivity contribution in [2.45, 2.75) is 31.7 Å². The van der Waals surface area contributed by atoms with E-state index in [1.54, 1.807) is 0 Å². The molecule has 1 rings (SSSR count). The van der Waals surface area contributed by atoms with E-state index in [0.717, 1.165) is 5.56 Å². The zero-order valence-corrected chi connectivity index (χ0v) is 11.5. The fourth-order valence-electron chi connectivity index (χ4n) is 1.89. The van der Waals surface area contributed by atoms with E-state index in [1.165, 1.54) is 0 Å². The molecule has 0 fully saturated rings. The lowest BCUT2D eigenvalue weighted by molar-refractivity contribution is 0.230. The molecule has 19 heavy (non-hydrogen) atoms. The molecule has 0 aliphatic rings. The van der Waals surface area contributed by atoms with Crippen molar-refractivity contribution in [1.82, 2.24) is 5.32 Å². The number of nitrogens with two attached hydrogens (primary N) is 1. The van der Waals surface area contributed by atoms with Crippen LogP contribution in [0.1, 0.15) is 31.7 Å². The van der Waals surface area contributed by atoms with Crippen LogP contribution >= 0.6 is 0 Å². The molecule has 0 saturated carbocycles. The number of nitrogens with zero attached hydrogens (tertiary/aromatic N) is 1. The summed E-state index contributed by atoms with van der Waals surface area (Å²) < 4.78 is 0. The first-order valence-corrected chi connectivity index (χ1v) is 6.38. The molecule has 0 heterocycles. The Kier molecular flexibility index (Phi) is 5.79. The topological polar surface area (TPSA) is 90.9 Å². The van der Waals surface area contributed by atoms with Gasteiger partial charge in [-0.1, -0.05) is 35.5 Å². The lowest BCUT2D eigenvalue weighted by Gasteiger charge is -2.28. The van der Waals surface area contributed by atoms with Gasteiger partial charge in [-0.2, -0.15) is 0 Å². The molecule has 0 aromatic heterocycles. The quantitative estimate of drug-likeness (QED) is 0.258. The highest BCUT2D eigenvalue weighted by atomic mass is 16.4. The van der Waals surface area contributed by atoms with Crippen molar-refractivity contribution in [3.05, 3.63) is 35.9 Å². The first kappa shape index (κ1) is 15.5. The van der Waals surface area contributed by atoms with E-state index in [-0.39, 0.29) is 23.9 Å². The van der Waals surface area contributed by atoms with Gasteiger partial charge in [-0.05, 0) is 25.8 Å². The molecular weight excluding hydrogens is 242 g/mol. The second-order valence-electron chi connectivity index (χ2n) is 5.23. The Morgan fingerprint density at radius 3 is 2.53 bits per heavy atom. The fraction of sp³-hybridized carbons (Fsp3) is 0.500. The SMILES string of the molecule is CC(C)(CCO)NCC(/C(N)=N/O)c1ccccc1.